The first-order valence-electron chi connectivity index (χ1n) is 7.87. The van der Waals surface area contributed by atoms with Crippen molar-refractivity contribution in [1.29, 1.82) is 0 Å². The number of rotatable bonds is 7. The van der Waals surface area contributed by atoms with Crippen molar-refractivity contribution in [1.82, 2.24) is 5.32 Å². The van der Waals surface area contributed by atoms with Crippen LogP contribution in [0.15, 0.2) is 24.3 Å². The average molecular weight is 335 g/mol. The number of amides is 1. The molecule has 1 amide bonds. The minimum Gasteiger partial charge on any atom is -0.469 e. The first-order chi connectivity index (χ1) is 11.2. The highest BCUT2D eigenvalue weighted by molar-refractivity contribution is 5.94. The van der Waals surface area contributed by atoms with Gasteiger partial charge in [-0.3, -0.25) is 14.4 Å². The maximum atomic E-state index is 12.0. The van der Waals surface area contributed by atoms with E-state index in [1.54, 1.807) is 45.0 Å². The molecule has 6 nitrogen and oxygen atoms in total. The molecular weight excluding hydrogens is 310 g/mol. The van der Waals surface area contributed by atoms with Gasteiger partial charge in [-0.2, -0.15) is 0 Å². The van der Waals surface area contributed by atoms with Crippen LogP contribution in [-0.2, 0) is 25.5 Å². The highest BCUT2D eigenvalue weighted by Crippen LogP contribution is 2.09. The highest BCUT2D eigenvalue weighted by atomic mass is 16.6. The largest absolute Gasteiger partial charge is 0.469 e. The number of carbonyl (C=O) groups is 3. The van der Waals surface area contributed by atoms with Crippen LogP contribution in [0.2, 0.25) is 0 Å². The monoisotopic (exact) mass is 335 g/mol. The summed E-state index contributed by atoms with van der Waals surface area (Å²) < 4.78 is 9.76. The van der Waals surface area contributed by atoms with Crippen molar-refractivity contribution in [2.24, 2.45) is 0 Å². The second-order valence-corrected chi connectivity index (χ2v) is 6.37. The zero-order valence-corrected chi connectivity index (χ0v) is 14.7. The predicted molar refractivity (Wildman–Crippen MR) is 89.6 cm³/mol. The number of carbonyl (C=O) groups excluding carboxylic acids is 3. The summed E-state index contributed by atoms with van der Waals surface area (Å²) in [5.41, 5.74) is 0.924. The van der Waals surface area contributed by atoms with Gasteiger partial charge >= 0.3 is 11.9 Å². The molecule has 24 heavy (non-hydrogen) atoms. The second-order valence-electron chi connectivity index (χ2n) is 6.37. The zero-order chi connectivity index (χ0) is 18.2. The number of esters is 2. The van der Waals surface area contributed by atoms with E-state index in [0.29, 0.717) is 18.4 Å². The Bertz CT molecular complexity index is 572. The first-order valence-corrected chi connectivity index (χ1v) is 7.87. The topological polar surface area (TPSA) is 81.7 Å². The van der Waals surface area contributed by atoms with E-state index in [9.17, 15) is 14.4 Å². The molecule has 0 spiro atoms. The van der Waals surface area contributed by atoms with Gasteiger partial charge in [-0.05, 0) is 44.9 Å². The van der Waals surface area contributed by atoms with Crippen LogP contribution in [0.1, 0.15) is 49.5 Å². The fourth-order valence-corrected chi connectivity index (χ4v) is 1.94. The molecule has 0 aromatic heterocycles. The molecule has 0 fully saturated rings. The number of benzene rings is 1. The van der Waals surface area contributed by atoms with Gasteiger partial charge in [0.2, 0.25) is 0 Å². The van der Waals surface area contributed by atoms with Crippen molar-refractivity contribution in [3.8, 4) is 0 Å². The SMILES string of the molecule is COC(=O)CCc1ccc(C(=O)NCCC(=O)OC(C)(C)C)cc1. The van der Waals surface area contributed by atoms with Gasteiger partial charge in [0.1, 0.15) is 5.60 Å². The Balaban J connectivity index is 2.40. The smallest absolute Gasteiger partial charge is 0.308 e. The third-order valence-electron chi connectivity index (χ3n) is 3.10. The Hall–Kier alpha value is -2.37. The molecule has 0 aliphatic heterocycles. The molecule has 0 atom stereocenters. The minimum atomic E-state index is -0.527. The van der Waals surface area contributed by atoms with Gasteiger partial charge in [-0.15, -0.1) is 0 Å². The molecule has 0 saturated heterocycles. The summed E-state index contributed by atoms with van der Waals surface area (Å²) in [7, 11) is 1.35. The molecule has 6 heteroatoms. The van der Waals surface area contributed by atoms with Gasteiger partial charge in [0, 0.05) is 18.5 Å². The maximum absolute atomic E-state index is 12.0. The van der Waals surface area contributed by atoms with Crippen molar-refractivity contribution >= 4 is 17.8 Å². The van der Waals surface area contributed by atoms with Crippen LogP contribution in [0.25, 0.3) is 0 Å². The van der Waals surface area contributed by atoms with Crippen LogP contribution in [0.4, 0.5) is 0 Å². The summed E-state index contributed by atoms with van der Waals surface area (Å²) in [5.74, 6) is -0.863. The third kappa shape index (κ3) is 7.76. The maximum Gasteiger partial charge on any atom is 0.308 e. The molecule has 0 radical (unpaired) electrons. The highest BCUT2D eigenvalue weighted by Gasteiger charge is 2.16. The van der Waals surface area contributed by atoms with E-state index in [0.717, 1.165) is 5.56 Å². The third-order valence-corrected chi connectivity index (χ3v) is 3.10. The fourth-order valence-electron chi connectivity index (χ4n) is 1.94. The number of hydrogen-bond donors (Lipinski definition) is 1. The van der Waals surface area contributed by atoms with E-state index in [2.05, 4.69) is 10.1 Å². The van der Waals surface area contributed by atoms with Crippen molar-refractivity contribution in [3.63, 3.8) is 0 Å². The van der Waals surface area contributed by atoms with E-state index < -0.39 is 5.60 Å². The Morgan fingerprint density at radius 2 is 1.62 bits per heavy atom. The molecule has 1 aromatic carbocycles. The van der Waals surface area contributed by atoms with E-state index in [1.165, 1.54) is 7.11 Å². The van der Waals surface area contributed by atoms with Crippen LogP contribution in [0.3, 0.4) is 0 Å². The van der Waals surface area contributed by atoms with Crippen LogP contribution >= 0.6 is 0 Å². The Morgan fingerprint density at radius 3 is 2.17 bits per heavy atom. The van der Waals surface area contributed by atoms with Crippen molar-refractivity contribution in [2.75, 3.05) is 13.7 Å². The van der Waals surface area contributed by atoms with Crippen LogP contribution < -0.4 is 5.32 Å². The van der Waals surface area contributed by atoms with E-state index in [-0.39, 0.29) is 30.8 Å². The molecular formula is C18H25NO5. The molecule has 1 aromatic rings. The first kappa shape index (κ1) is 19.7. The summed E-state index contributed by atoms with van der Waals surface area (Å²) in [5, 5.41) is 2.68. The standard InChI is InChI=1S/C18H25NO5/c1-18(2,3)24-16(21)11-12-19-17(22)14-8-5-13(6-9-14)7-10-15(20)23-4/h5-6,8-9H,7,10-12H2,1-4H3,(H,19,22). The number of aryl methyl sites for hydroxylation is 1. The van der Waals surface area contributed by atoms with Crippen LogP contribution in [0, 0.1) is 0 Å². The van der Waals surface area contributed by atoms with Crippen LogP contribution in [-0.4, -0.2) is 37.1 Å². The lowest BCUT2D eigenvalue weighted by Crippen LogP contribution is -2.29. The molecule has 132 valence electrons. The second kappa shape index (κ2) is 9.05. The average Bonchev–Trinajstić information content (AvgIpc) is 2.51. The summed E-state index contributed by atoms with van der Waals surface area (Å²) in [4.78, 5) is 34.7. The number of hydrogen-bond acceptors (Lipinski definition) is 5. The zero-order valence-electron chi connectivity index (χ0n) is 14.7. The van der Waals surface area contributed by atoms with Gasteiger partial charge < -0.3 is 14.8 Å². The molecule has 0 aliphatic carbocycles. The lowest BCUT2D eigenvalue weighted by atomic mass is 10.1. The van der Waals surface area contributed by atoms with Gasteiger partial charge in [0.05, 0.1) is 13.5 Å². The summed E-state index contributed by atoms with van der Waals surface area (Å²) in [6, 6.07) is 6.97. The number of ether oxygens (including phenoxy) is 2. The van der Waals surface area contributed by atoms with Crippen molar-refractivity contribution in [3.05, 3.63) is 35.4 Å². The molecule has 1 N–H and O–H groups in total. The predicted octanol–water partition coefficient (Wildman–Crippen LogP) is 2.25. The molecule has 0 bridgehead atoms. The van der Waals surface area contributed by atoms with Gasteiger partial charge in [-0.1, -0.05) is 12.1 Å². The normalized spacial score (nSPS) is 10.8. The van der Waals surface area contributed by atoms with Crippen molar-refractivity contribution in [2.45, 2.75) is 45.6 Å². The Morgan fingerprint density at radius 1 is 1.00 bits per heavy atom. The minimum absolute atomic E-state index is 0.125. The Labute approximate surface area is 142 Å². The Kier molecular flexibility index (Phi) is 7.42. The molecule has 0 saturated carbocycles. The van der Waals surface area contributed by atoms with E-state index >= 15 is 0 Å². The molecule has 0 unspecified atom stereocenters. The number of methoxy groups -OCH3 is 1. The summed E-state index contributed by atoms with van der Waals surface area (Å²) in [6.07, 6.45) is 0.991. The fraction of sp³-hybridized carbons (Fsp3) is 0.500. The van der Waals surface area contributed by atoms with E-state index in [1.807, 2.05) is 0 Å². The summed E-state index contributed by atoms with van der Waals surface area (Å²) >= 11 is 0. The van der Waals surface area contributed by atoms with Gasteiger partial charge in [-0.25, -0.2) is 0 Å². The van der Waals surface area contributed by atoms with Crippen molar-refractivity contribution < 1.29 is 23.9 Å². The molecule has 0 aliphatic rings. The van der Waals surface area contributed by atoms with E-state index in [4.69, 9.17) is 4.74 Å². The van der Waals surface area contributed by atoms with Gasteiger partial charge in [0.15, 0.2) is 0 Å². The lowest BCUT2D eigenvalue weighted by molar-refractivity contribution is -0.154. The van der Waals surface area contributed by atoms with Crippen LogP contribution in [0.5, 0.6) is 0 Å². The summed E-state index contributed by atoms with van der Waals surface area (Å²) in [6.45, 7) is 5.61. The molecule has 1 rings (SSSR count). The number of nitrogens with one attached hydrogen (secondary N) is 1. The lowest BCUT2D eigenvalue weighted by Gasteiger charge is -2.19. The quantitative estimate of drug-likeness (QED) is 0.773. The van der Waals surface area contributed by atoms with Gasteiger partial charge in [0.25, 0.3) is 5.91 Å². The molecule has 0 heterocycles.